The molecule has 0 aromatic heterocycles. The summed E-state index contributed by atoms with van der Waals surface area (Å²) in [7, 11) is 1.56. The van der Waals surface area contributed by atoms with Crippen molar-refractivity contribution < 1.29 is 34.1 Å². The molecule has 0 aliphatic carbocycles. The number of methoxy groups -OCH3 is 1. The maximum atomic E-state index is 12.7. The number of benzene rings is 2. The average molecular weight is 471 g/mol. The molecule has 0 aliphatic heterocycles. The van der Waals surface area contributed by atoms with Crippen LogP contribution >= 0.6 is 0 Å². The zero-order valence-electron chi connectivity index (χ0n) is 19.4. The molecule has 0 bridgehead atoms. The molecule has 0 saturated heterocycles. The third-order valence-electron chi connectivity index (χ3n) is 5.03. The number of hydrogen-bond acceptors (Lipinski definition) is 7. The Bertz CT molecular complexity index is 985. The van der Waals surface area contributed by atoms with Gasteiger partial charge < -0.3 is 19.3 Å². The number of nitrogens with one attached hydrogen (secondary N) is 2. The molecule has 0 heterocycles. The third kappa shape index (κ3) is 8.27. The van der Waals surface area contributed by atoms with E-state index in [4.69, 9.17) is 24.5 Å². The number of carbonyl (C=O) groups excluding carboxylic acids is 2. The van der Waals surface area contributed by atoms with Crippen LogP contribution in [0, 0.1) is 5.92 Å². The summed E-state index contributed by atoms with van der Waals surface area (Å²) >= 11 is 0. The van der Waals surface area contributed by atoms with Crippen LogP contribution < -0.4 is 20.3 Å². The monoisotopic (exact) mass is 470 g/mol. The Labute approximate surface area is 198 Å². The van der Waals surface area contributed by atoms with Crippen LogP contribution in [0.2, 0.25) is 0 Å². The summed E-state index contributed by atoms with van der Waals surface area (Å²) in [4.78, 5) is 23.9. The lowest BCUT2D eigenvalue weighted by molar-refractivity contribution is -0.124. The number of amides is 2. The molecular weight excluding hydrogens is 440 g/mol. The van der Waals surface area contributed by atoms with Crippen LogP contribution in [0.1, 0.15) is 25.5 Å². The molecule has 0 saturated carbocycles. The van der Waals surface area contributed by atoms with Gasteiger partial charge >= 0.3 is 6.09 Å². The lowest BCUT2D eigenvalue weighted by Crippen LogP contribution is -2.22. The van der Waals surface area contributed by atoms with E-state index in [1.807, 2.05) is 13.8 Å². The van der Waals surface area contributed by atoms with Crippen molar-refractivity contribution in [1.29, 1.82) is 0 Å². The molecule has 2 rings (SSSR count). The number of rotatable bonds is 11. The minimum absolute atomic E-state index is 0.0954. The topological polar surface area (TPSA) is 126 Å². The Balaban J connectivity index is 2.22. The number of anilines is 1. The molecule has 9 nitrogen and oxygen atoms in total. The van der Waals surface area contributed by atoms with Gasteiger partial charge in [-0.25, -0.2) is 10.3 Å². The van der Waals surface area contributed by atoms with Crippen molar-refractivity contribution >= 4 is 17.7 Å². The predicted molar refractivity (Wildman–Crippen MR) is 127 cm³/mol. The molecule has 9 heteroatoms. The van der Waals surface area contributed by atoms with Crippen molar-refractivity contribution in [3.05, 3.63) is 77.9 Å². The first kappa shape index (κ1) is 26.4. The van der Waals surface area contributed by atoms with E-state index < -0.39 is 18.1 Å². The number of hydroxylamine groups is 1. The van der Waals surface area contributed by atoms with Crippen LogP contribution in [0.25, 0.3) is 0 Å². The van der Waals surface area contributed by atoms with Gasteiger partial charge in [0.25, 0.3) is 5.91 Å². The Morgan fingerprint density at radius 2 is 1.71 bits per heavy atom. The first-order valence-corrected chi connectivity index (χ1v) is 10.6. The summed E-state index contributed by atoms with van der Waals surface area (Å²) in [6.07, 6.45) is 3.09. The van der Waals surface area contributed by atoms with Crippen molar-refractivity contribution in [1.82, 2.24) is 5.48 Å². The Morgan fingerprint density at radius 1 is 1.06 bits per heavy atom. The summed E-state index contributed by atoms with van der Waals surface area (Å²) in [5.74, 6) is 0.337. The maximum Gasteiger partial charge on any atom is 0.412 e. The van der Waals surface area contributed by atoms with Gasteiger partial charge in [0.2, 0.25) is 0 Å². The van der Waals surface area contributed by atoms with Crippen LogP contribution in [0.3, 0.4) is 0 Å². The van der Waals surface area contributed by atoms with E-state index >= 15 is 0 Å². The molecular formula is C25H30N2O7. The fourth-order valence-corrected chi connectivity index (χ4v) is 3.03. The Kier molecular flexibility index (Phi) is 10.6. The second-order valence-corrected chi connectivity index (χ2v) is 7.36. The highest BCUT2D eigenvalue weighted by Crippen LogP contribution is 2.32. The summed E-state index contributed by atoms with van der Waals surface area (Å²) < 4.78 is 16.3. The molecule has 182 valence electrons. The van der Waals surface area contributed by atoms with E-state index in [-0.39, 0.29) is 19.1 Å². The first-order chi connectivity index (χ1) is 16.4. The van der Waals surface area contributed by atoms with Crippen molar-refractivity contribution in [2.24, 2.45) is 5.92 Å². The number of carbonyl (C=O) groups is 2. The molecule has 0 radical (unpaired) electrons. The second kappa shape index (κ2) is 13.7. The molecule has 2 aromatic carbocycles. The van der Waals surface area contributed by atoms with Gasteiger partial charge in [-0.05, 0) is 48.9 Å². The van der Waals surface area contributed by atoms with Crippen molar-refractivity contribution in [2.75, 3.05) is 25.6 Å². The number of allylic oxidation sites excluding steroid dienone is 2. The van der Waals surface area contributed by atoms with Gasteiger partial charge in [-0.15, -0.1) is 0 Å². The average Bonchev–Trinajstić information content (AvgIpc) is 2.86. The van der Waals surface area contributed by atoms with Gasteiger partial charge in [0.15, 0.2) is 0 Å². The summed E-state index contributed by atoms with van der Waals surface area (Å²) in [5.41, 5.74) is 3.65. The quantitative estimate of drug-likeness (QED) is 0.169. The van der Waals surface area contributed by atoms with Crippen LogP contribution in [0.5, 0.6) is 11.5 Å². The van der Waals surface area contributed by atoms with Crippen LogP contribution in [0.4, 0.5) is 10.5 Å². The van der Waals surface area contributed by atoms with Crippen LogP contribution in [-0.2, 0) is 9.53 Å². The highest BCUT2D eigenvalue weighted by molar-refractivity contribution is 5.86. The number of ether oxygens (including phenoxy) is 3. The molecule has 0 spiro atoms. The van der Waals surface area contributed by atoms with Crippen molar-refractivity contribution in [2.45, 2.75) is 20.0 Å². The fraction of sp³-hybridized carbons (Fsp3) is 0.280. The Hall–Kier alpha value is -3.82. The van der Waals surface area contributed by atoms with Gasteiger partial charge in [0.05, 0.1) is 13.7 Å². The molecule has 2 amide bonds. The van der Waals surface area contributed by atoms with Gasteiger partial charge in [0, 0.05) is 17.7 Å². The minimum Gasteiger partial charge on any atom is -0.497 e. The SMILES string of the molecule is COc1ccc(NC(=O)O[C@@H](c2ccc(OCCO)cc2)[C@@H](C)/C(C)=C/C=C/C(=O)NO)cc1. The van der Waals surface area contributed by atoms with E-state index in [1.54, 1.807) is 61.7 Å². The zero-order chi connectivity index (χ0) is 24.9. The Morgan fingerprint density at radius 3 is 2.29 bits per heavy atom. The highest BCUT2D eigenvalue weighted by atomic mass is 16.6. The van der Waals surface area contributed by atoms with Gasteiger partial charge in [-0.1, -0.05) is 36.8 Å². The van der Waals surface area contributed by atoms with Gasteiger partial charge in [0.1, 0.15) is 24.2 Å². The summed E-state index contributed by atoms with van der Waals surface area (Å²) in [6, 6.07) is 13.9. The standard InChI is InChI=1S/C25H30N2O7/c1-17(5-4-6-23(29)27-31)18(2)24(19-7-11-22(12-8-19)33-16-15-28)34-25(30)26-20-9-13-21(32-3)14-10-20/h4-14,18,24,28,31H,15-16H2,1-3H3,(H,26,30)(H,27,29)/b6-4+,17-5+/t18-,24+/m0/s1. The first-order valence-electron chi connectivity index (χ1n) is 10.6. The third-order valence-corrected chi connectivity index (χ3v) is 5.03. The summed E-state index contributed by atoms with van der Waals surface area (Å²) in [6.45, 7) is 3.83. The summed E-state index contributed by atoms with van der Waals surface area (Å²) in [5, 5.41) is 20.2. The molecule has 2 atom stereocenters. The lowest BCUT2D eigenvalue weighted by atomic mass is 9.91. The largest absolute Gasteiger partial charge is 0.497 e. The van der Waals surface area contributed by atoms with Crippen LogP contribution in [-0.4, -0.2) is 42.6 Å². The van der Waals surface area contributed by atoms with Crippen molar-refractivity contribution in [3.63, 3.8) is 0 Å². The minimum atomic E-state index is -0.651. The molecule has 0 unspecified atom stereocenters. The molecule has 2 aromatic rings. The molecule has 4 N–H and O–H groups in total. The lowest BCUT2D eigenvalue weighted by Gasteiger charge is -2.25. The second-order valence-electron chi connectivity index (χ2n) is 7.36. The van der Waals surface area contributed by atoms with E-state index in [1.165, 1.54) is 17.6 Å². The molecule has 34 heavy (non-hydrogen) atoms. The molecule has 0 aliphatic rings. The van der Waals surface area contributed by atoms with Crippen molar-refractivity contribution in [3.8, 4) is 11.5 Å². The normalized spacial score (nSPS) is 13.1. The predicted octanol–water partition coefficient (Wildman–Crippen LogP) is 4.00. The van der Waals surface area contributed by atoms with E-state index in [9.17, 15) is 9.59 Å². The fourth-order valence-electron chi connectivity index (χ4n) is 3.03. The van der Waals surface area contributed by atoms with E-state index in [0.717, 1.165) is 11.1 Å². The maximum absolute atomic E-state index is 12.7. The van der Waals surface area contributed by atoms with E-state index in [0.29, 0.717) is 17.2 Å². The number of aliphatic hydroxyl groups is 1. The number of aliphatic hydroxyl groups excluding tert-OH is 1. The smallest absolute Gasteiger partial charge is 0.412 e. The van der Waals surface area contributed by atoms with Gasteiger partial charge in [-0.3, -0.25) is 15.3 Å². The zero-order valence-corrected chi connectivity index (χ0v) is 19.4. The molecule has 0 fully saturated rings. The van der Waals surface area contributed by atoms with Gasteiger partial charge in [-0.2, -0.15) is 0 Å². The number of hydrogen-bond donors (Lipinski definition) is 4. The highest BCUT2D eigenvalue weighted by Gasteiger charge is 2.25. The van der Waals surface area contributed by atoms with E-state index in [2.05, 4.69) is 5.32 Å². The van der Waals surface area contributed by atoms with Crippen LogP contribution in [0.15, 0.2) is 72.3 Å².